The van der Waals surface area contributed by atoms with E-state index >= 15 is 0 Å². The van der Waals surface area contributed by atoms with Crippen molar-refractivity contribution in [3.63, 3.8) is 0 Å². The molecule has 2 aliphatic carbocycles. The average Bonchev–Trinajstić information content (AvgIpc) is 3.50. The van der Waals surface area contributed by atoms with Crippen LogP contribution in [0.1, 0.15) is 86.0 Å². The minimum Gasteiger partial charge on any atom is -0.257 e. The van der Waals surface area contributed by atoms with Gasteiger partial charge in [-0.25, -0.2) is 4.99 Å². The molecule has 0 N–H and O–H groups in total. The van der Waals surface area contributed by atoms with Crippen LogP contribution in [0.25, 0.3) is 33.0 Å². The van der Waals surface area contributed by atoms with Crippen LogP contribution in [-0.4, -0.2) is 11.5 Å². The molecule has 0 spiro atoms. The molecule has 0 saturated carbocycles. The van der Waals surface area contributed by atoms with Crippen LogP contribution in [0, 0.1) is 5.92 Å². The first-order valence-corrected chi connectivity index (χ1v) is 17.4. The van der Waals surface area contributed by atoms with Gasteiger partial charge in [0.25, 0.3) is 0 Å². The third kappa shape index (κ3) is 4.18. The molecule has 1 heterocycles. The highest BCUT2D eigenvalue weighted by molar-refractivity contribution is 6.16. The largest absolute Gasteiger partial charge is 0.257 e. The molecule has 3 aliphatic rings. The molecule has 234 valence electrons. The lowest BCUT2D eigenvalue weighted by molar-refractivity contribution is 0.531. The maximum atomic E-state index is 5.59. The van der Waals surface area contributed by atoms with E-state index < -0.39 is 0 Å². The van der Waals surface area contributed by atoms with Gasteiger partial charge in [0.2, 0.25) is 0 Å². The number of aliphatic imine (C=N–C) groups is 2. The number of amidine groups is 1. The summed E-state index contributed by atoms with van der Waals surface area (Å²) >= 11 is 0. The fraction of sp³-hybridized carbons (Fsp3) is 0.217. The predicted octanol–water partition coefficient (Wildman–Crippen LogP) is 11.5. The Balaban J connectivity index is 1.22. The van der Waals surface area contributed by atoms with Crippen molar-refractivity contribution in [2.75, 3.05) is 0 Å². The number of benzene rings is 6. The Hall–Kier alpha value is -5.08. The predicted molar refractivity (Wildman–Crippen MR) is 202 cm³/mol. The van der Waals surface area contributed by atoms with Gasteiger partial charge in [-0.15, -0.1) is 0 Å². The Labute approximate surface area is 283 Å². The van der Waals surface area contributed by atoms with E-state index in [-0.39, 0.29) is 22.8 Å². The van der Waals surface area contributed by atoms with Crippen molar-refractivity contribution < 1.29 is 0 Å². The van der Waals surface area contributed by atoms with Gasteiger partial charge in [-0.1, -0.05) is 150 Å². The minimum atomic E-state index is -0.0893. The minimum absolute atomic E-state index is 0.0488. The summed E-state index contributed by atoms with van der Waals surface area (Å²) in [6.45, 7) is 11.7. The van der Waals surface area contributed by atoms with E-state index in [0.29, 0.717) is 0 Å². The second-order valence-electron chi connectivity index (χ2n) is 14.9. The highest BCUT2D eigenvalue weighted by Gasteiger charge is 2.39. The van der Waals surface area contributed by atoms with Gasteiger partial charge in [0, 0.05) is 22.3 Å². The Kier molecular flexibility index (Phi) is 6.34. The summed E-state index contributed by atoms with van der Waals surface area (Å²) in [4.78, 5) is 11.1. The quantitative estimate of drug-likeness (QED) is 0.187. The second kappa shape index (κ2) is 10.5. The molecule has 0 amide bonds. The van der Waals surface area contributed by atoms with Crippen molar-refractivity contribution >= 4 is 22.3 Å². The lowest BCUT2D eigenvalue weighted by Gasteiger charge is -2.31. The maximum Gasteiger partial charge on any atom is 0.155 e. The van der Waals surface area contributed by atoms with Crippen molar-refractivity contribution in [2.24, 2.45) is 15.9 Å². The van der Waals surface area contributed by atoms with Crippen LogP contribution in [0.2, 0.25) is 0 Å². The molecule has 48 heavy (non-hydrogen) atoms. The fourth-order valence-electron chi connectivity index (χ4n) is 8.84. The van der Waals surface area contributed by atoms with E-state index in [9.17, 15) is 0 Å². The summed E-state index contributed by atoms with van der Waals surface area (Å²) in [6.07, 6.45) is 0.945. The lowest BCUT2D eigenvalue weighted by Crippen LogP contribution is -2.28. The molecule has 2 atom stereocenters. The smallest absolute Gasteiger partial charge is 0.155 e. The fourth-order valence-corrected chi connectivity index (χ4v) is 8.84. The first kappa shape index (κ1) is 29.1. The zero-order chi connectivity index (χ0) is 32.8. The van der Waals surface area contributed by atoms with Gasteiger partial charge in [-0.2, -0.15) is 0 Å². The Morgan fingerprint density at radius 1 is 0.521 bits per heavy atom. The van der Waals surface area contributed by atoms with Crippen LogP contribution in [0.4, 0.5) is 0 Å². The van der Waals surface area contributed by atoms with E-state index in [2.05, 4.69) is 162 Å². The zero-order valence-corrected chi connectivity index (χ0v) is 28.4. The van der Waals surface area contributed by atoms with Crippen molar-refractivity contribution in [3.8, 4) is 22.3 Å². The van der Waals surface area contributed by atoms with E-state index in [1.807, 2.05) is 0 Å². The van der Waals surface area contributed by atoms with Gasteiger partial charge in [-0.3, -0.25) is 4.99 Å². The number of hydrogen-bond donors (Lipinski definition) is 0. The molecule has 0 radical (unpaired) electrons. The Morgan fingerprint density at radius 3 is 1.77 bits per heavy atom. The molecule has 0 aromatic heterocycles. The van der Waals surface area contributed by atoms with Gasteiger partial charge in [0.05, 0.1) is 11.8 Å². The second-order valence-corrected chi connectivity index (χ2v) is 14.9. The molecule has 0 saturated heterocycles. The molecule has 2 unspecified atom stereocenters. The van der Waals surface area contributed by atoms with E-state index in [1.165, 1.54) is 66.4 Å². The molecule has 1 aliphatic heterocycles. The monoisotopic (exact) mass is 620 g/mol. The third-order valence-corrected chi connectivity index (χ3v) is 11.5. The molecular weight excluding hydrogens is 581 g/mol. The summed E-state index contributed by atoms with van der Waals surface area (Å²) in [5, 5.41) is 2.49. The topological polar surface area (TPSA) is 24.7 Å². The molecule has 9 rings (SSSR count). The van der Waals surface area contributed by atoms with E-state index in [4.69, 9.17) is 9.98 Å². The molecule has 6 aromatic rings. The molecule has 2 heteroatoms. The first-order chi connectivity index (χ1) is 23.3. The van der Waals surface area contributed by atoms with Crippen LogP contribution in [0.3, 0.4) is 0 Å². The van der Waals surface area contributed by atoms with Crippen LogP contribution >= 0.6 is 0 Å². The van der Waals surface area contributed by atoms with Gasteiger partial charge >= 0.3 is 0 Å². The van der Waals surface area contributed by atoms with Crippen molar-refractivity contribution in [3.05, 3.63) is 166 Å². The number of hydrogen-bond acceptors (Lipinski definition) is 2. The van der Waals surface area contributed by atoms with Gasteiger partial charge in [-0.05, 0) is 85.0 Å². The van der Waals surface area contributed by atoms with Gasteiger partial charge in [0.1, 0.15) is 0 Å². The molecule has 6 aromatic carbocycles. The summed E-state index contributed by atoms with van der Waals surface area (Å²) in [7, 11) is 0. The van der Waals surface area contributed by atoms with Crippen molar-refractivity contribution in [1.82, 2.24) is 0 Å². The Morgan fingerprint density at radius 2 is 1.08 bits per heavy atom. The number of fused-ring (bicyclic) bond motifs is 7. The lowest BCUT2D eigenvalue weighted by atomic mass is 9.79. The molecule has 0 fully saturated rings. The third-order valence-electron chi connectivity index (χ3n) is 11.5. The highest BCUT2D eigenvalue weighted by atomic mass is 15.0. The average molecular weight is 621 g/mol. The first-order valence-electron chi connectivity index (χ1n) is 17.4. The Bertz CT molecular complexity index is 2350. The van der Waals surface area contributed by atoms with Crippen molar-refractivity contribution in [1.29, 1.82) is 0 Å². The van der Waals surface area contributed by atoms with E-state index in [0.717, 1.165) is 23.5 Å². The van der Waals surface area contributed by atoms with Crippen LogP contribution in [0.15, 0.2) is 137 Å². The van der Waals surface area contributed by atoms with Crippen LogP contribution < -0.4 is 0 Å². The summed E-state index contributed by atoms with van der Waals surface area (Å²) in [6, 6.07) is 47.1. The molecular formula is C46H40N2. The zero-order valence-electron chi connectivity index (χ0n) is 28.4. The maximum absolute atomic E-state index is 5.59. The number of rotatable bonds is 4. The van der Waals surface area contributed by atoms with Gasteiger partial charge in [0.15, 0.2) is 5.84 Å². The van der Waals surface area contributed by atoms with Gasteiger partial charge < -0.3 is 0 Å². The van der Waals surface area contributed by atoms with Crippen LogP contribution in [-0.2, 0) is 10.8 Å². The highest BCUT2D eigenvalue weighted by Crippen LogP contribution is 2.51. The summed E-state index contributed by atoms with van der Waals surface area (Å²) in [5.74, 6) is 0.973. The SMILES string of the molecule is CCC1C(c2ccc3ccccc3c2)=NC(c2ccc3c(c2)C(C)(C)c2ccccc2-3)=NC1c1ccc2c(c1)C(C)(C)c1ccccc1-2. The molecule has 2 nitrogen and oxygen atoms in total. The summed E-state index contributed by atoms with van der Waals surface area (Å²) in [5.41, 5.74) is 15.4. The van der Waals surface area contributed by atoms with Crippen LogP contribution in [0.5, 0.6) is 0 Å². The van der Waals surface area contributed by atoms with E-state index in [1.54, 1.807) is 0 Å². The number of nitrogens with zero attached hydrogens (tertiary/aromatic N) is 2. The molecule has 0 bridgehead atoms. The standard InChI is InChI=1S/C46H40N2/c1-6-33-42(30-20-19-28-13-7-8-14-29(28)25-30)47-44(32-22-24-37-35-16-10-12-18-39(35)46(4,5)41(37)27-32)48-43(33)31-21-23-36-34-15-9-11-17-38(34)45(2,3)40(36)26-31/h7-27,33,43H,6H2,1-5H3. The summed E-state index contributed by atoms with van der Waals surface area (Å²) < 4.78 is 0. The van der Waals surface area contributed by atoms with Crippen molar-refractivity contribution in [2.45, 2.75) is 57.9 Å². The normalized spacial score (nSPS) is 19.6.